The number of rotatable bonds is 7. The van der Waals surface area contributed by atoms with Crippen LogP contribution in [-0.4, -0.2) is 34.4 Å². The van der Waals surface area contributed by atoms with Gasteiger partial charge in [0.05, 0.1) is 6.42 Å². The van der Waals surface area contributed by atoms with E-state index in [1.54, 1.807) is 11.3 Å². The Morgan fingerprint density at radius 3 is 2.62 bits per heavy atom. The topological polar surface area (TPSA) is 66.3 Å². The number of hydrogen-bond acceptors (Lipinski definition) is 5. The fraction of sp³-hybridized carbons (Fsp3) is 0.700. The van der Waals surface area contributed by atoms with Crippen LogP contribution in [0.25, 0.3) is 0 Å². The molecule has 0 aliphatic carbocycles. The standard InChI is InChI=1S/C10H17N3O2S/c1-3-6-13(7-5-9(14)15)10-12-11-8(4-2)16-10/h3-7H2,1-2H3,(H,14,15). The second-order valence-electron chi connectivity index (χ2n) is 3.46. The fourth-order valence-corrected chi connectivity index (χ4v) is 2.15. The molecular weight excluding hydrogens is 226 g/mol. The molecule has 0 atom stereocenters. The van der Waals surface area contributed by atoms with Crippen LogP contribution in [0.2, 0.25) is 0 Å². The second kappa shape index (κ2) is 6.42. The molecule has 5 nitrogen and oxygen atoms in total. The number of aryl methyl sites for hydroxylation is 1. The van der Waals surface area contributed by atoms with Crippen molar-refractivity contribution in [3.8, 4) is 0 Å². The molecule has 90 valence electrons. The number of carboxylic acid groups (broad SMARTS) is 1. The van der Waals surface area contributed by atoms with Gasteiger partial charge < -0.3 is 10.0 Å². The molecule has 1 aromatic heterocycles. The minimum absolute atomic E-state index is 0.140. The number of aromatic nitrogens is 2. The minimum Gasteiger partial charge on any atom is -0.481 e. The SMILES string of the molecule is CCCN(CCC(=O)O)c1nnc(CC)s1. The van der Waals surface area contributed by atoms with Gasteiger partial charge in [0.1, 0.15) is 5.01 Å². The Bertz CT molecular complexity index is 341. The van der Waals surface area contributed by atoms with E-state index in [4.69, 9.17) is 5.11 Å². The minimum atomic E-state index is -0.777. The lowest BCUT2D eigenvalue weighted by atomic mass is 10.3. The summed E-state index contributed by atoms with van der Waals surface area (Å²) in [5.74, 6) is -0.777. The number of aliphatic carboxylic acids is 1. The van der Waals surface area contributed by atoms with Gasteiger partial charge in [0.2, 0.25) is 5.13 Å². The van der Waals surface area contributed by atoms with E-state index in [1.165, 1.54) is 0 Å². The maximum absolute atomic E-state index is 10.5. The van der Waals surface area contributed by atoms with E-state index in [9.17, 15) is 4.79 Å². The third-order valence-corrected chi connectivity index (χ3v) is 3.25. The molecule has 0 amide bonds. The summed E-state index contributed by atoms with van der Waals surface area (Å²) in [6, 6.07) is 0. The summed E-state index contributed by atoms with van der Waals surface area (Å²) in [6.07, 6.45) is 1.98. The first-order chi connectivity index (χ1) is 7.67. The number of carboxylic acids is 1. The van der Waals surface area contributed by atoms with Crippen molar-refractivity contribution in [3.05, 3.63) is 5.01 Å². The van der Waals surface area contributed by atoms with Crippen LogP contribution in [0.1, 0.15) is 31.7 Å². The number of nitrogens with zero attached hydrogens (tertiary/aromatic N) is 3. The molecule has 6 heteroatoms. The molecule has 16 heavy (non-hydrogen) atoms. The predicted molar refractivity (Wildman–Crippen MR) is 64.0 cm³/mol. The molecular formula is C10H17N3O2S. The van der Waals surface area contributed by atoms with Crippen molar-refractivity contribution in [2.45, 2.75) is 33.1 Å². The summed E-state index contributed by atoms with van der Waals surface area (Å²) in [5.41, 5.74) is 0. The molecule has 0 aromatic carbocycles. The van der Waals surface area contributed by atoms with Gasteiger partial charge >= 0.3 is 5.97 Å². The lowest BCUT2D eigenvalue weighted by Crippen LogP contribution is -2.26. The molecule has 0 unspecified atom stereocenters. The Morgan fingerprint density at radius 2 is 2.12 bits per heavy atom. The highest BCUT2D eigenvalue weighted by atomic mass is 32.1. The molecule has 0 spiro atoms. The van der Waals surface area contributed by atoms with E-state index in [-0.39, 0.29) is 6.42 Å². The van der Waals surface area contributed by atoms with E-state index >= 15 is 0 Å². The van der Waals surface area contributed by atoms with Gasteiger partial charge in [-0.15, -0.1) is 10.2 Å². The van der Waals surface area contributed by atoms with Gasteiger partial charge in [-0.1, -0.05) is 25.2 Å². The lowest BCUT2D eigenvalue weighted by molar-refractivity contribution is -0.136. The smallest absolute Gasteiger partial charge is 0.305 e. The van der Waals surface area contributed by atoms with Gasteiger partial charge in [0.15, 0.2) is 0 Å². The summed E-state index contributed by atoms with van der Waals surface area (Å²) >= 11 is 1.54. The Kier molecular flexibility index (Phi) is 5.18. The van der Waals surface area contributed by atoms with E-state index in [0.717, 1.165) is 29.5 Å². The predicted octanol–water partition coefficient (Wildman–Crippen LogP) is 1.79. The molecule has 0 fully saturated rings. The zero-order chi connectivity index (χ0) is 12.0. The fourth-order valence-electron chi connectivity index (χ4n) is 1.32. The van der Waals surface area contributed by atoms with Gasteiger partial charge in [-0.2, -0.15) is 0 Å². The van der Waals surface area contributed by atoms with Crippen molar-refractivity contribution in [1.29, 1.82) is 0 Å². The highest BCUT2D eigenvalue weighted by Gasteiger charge is 2.12. The average molecular weight is 243 g/mol. The zero-order valence-electron chi connectivity index (χ0n) is 9.64. The van der Waals surface area contributed by atoms with Crippen LogP contribution < -0.4 is 4.90 Å². The Hall–Kier alpha value is -1.17. The number of hydrogen-bond donors (Lipinski definition) is 1. The molecule has 1 rings (SSSR count). The van der Waals surface area contributed by atoms with Crippen LogP contribution in [-0.2, 0) is 11.2 Å². The first-order valence-corrected chi connectivity index (χ1v) is 6.28. The molecule has 0 aliphatic rings. The van der Waals surface area contributed by atoms with Crippen molar-refractivity contribution < 1.29 is 9.90 Å². The van der Waals surface area contributed by atoms with Crippen molar-refractivity contribution in [1.82, 2.24) is 10.2 Å². The number of anilines is 1. The van der Waals surface area contributed by atoms with Crippen LogP contribution in [0.5, 0.6) is 0 Å². The summed E-state index contributed by atoms with van der Waals surface area (Å²) in [5, 5.41) is 18.6. The average Bonchev–Trinajstić information content (AvgIpc) is 2.72. The molecule has 0 saturated carbocycles. The van der Waals surface area contributed by atoms with E-state index < -0.39 is 5.97 Å². The van der Waals surface area contributed by atoms with Gasteiger partial charge in [-0.3, -0.25) is 4.79 Å². The molecule has 0 aliphatic heterocycles. The molecule has 1 N–H and O–H groups in total. The summed E-state index contributed by atoms with van der Waals surface area (Å²) in [6.45, 7) is 5.42. The first-order valence-electron chi connectivity index (χ1n) is 5.46. The van der Waals surface area contributed by atoms with Crippen molar-refractivity contribution >= 4 is 22.4 Å². The first kappa shape index (κ1) is 12.9. The third-order valence-electron chi connectivity index (χ3n) is 2.12. The third kappa shape index (κ3) is 3.77. The Labute approximate surface area is 99.1 Å². The monoisotopic (exact) mass is 243 g/mol. The van der Waals surface area contributed by atoms with Gasteiger partial charge in [0.25, 0.3) is 0 Å². The van der Waals surface area contributed by atoms with E-state index in [1.807, 2.05) is 11.8 Å². The summed E-state index contributed by atoms with van der Waals surface area (Å²) in [4.78, 5) is 12.5. The normalized spacial score (nSPS) is 10.4. The maximum Gasteiger partial charge on any atom is 0.305 e. The van der Waals surface area contributed by atoms with Crippen LogP contribution in [0, 0.1) is 0 Å². The number of carbonyl (C=O) groups is 1. The molecule has 0 bridgehead atoms. The molecule has 0 saturated heterocycles. The van der Waals surface area contributed by atoms with Crippen molar-refractivity contribution in [2.24, 2.45) is 0 Å². The zero-order valence-corrected chi connectivity index (χ0v) is 10.5. The van der Waals surface area contributed by atoms with E-state index in [0.29, 0.717) is 6.54 Å². The van der Waals surface area contributed by atoms with Crippen LogP contribution >= 0.6 is 11.3 Å². The maximum atomic E-state index is 10.5. The van der Waals surface area contributed by atoms with E-state index in [2.05, 4.69) is 17.1 Å². The molecule has 0 radical (unpaired) electrons. The van der Waals surface area contributed by atoms with Crippen molar-refractivity contribution in [2.75, 3.05) is 18.0 Å². The largest absolute Gasteiger partial charge is 0.481 e. The van der Waals surface area contributed by atoms with Crippen LogP contribution in [0.15, 0.2) is 0 Å². The Morgan fingerprint density at radius 1 is 1.38 bits per heavy atom. The second-order valence-corrected chi connectivity index (χ2v) is 4.50. The quantitative estimate of drug-likeness (QED) is 0.791. The highest BCUT2D eigenvalue weighted by Crippen LogP contribution is 2.20. The lowest BCUT2D eigenvalue weighted by Gasteiger charge is -2.19. The van der Waals surface area contributed by atoms with Gasteiger partial charge in [-0.05, 0) is 12.8 Å². The van der Waals surface area contributed by atoms with Gasteiger partial charge in [-0.25, -0.2) is 0 Å². The molecule has 1 aromatic rings. The molecule has 1 heterocycles. The Balaban J connectivity index is 2.64. The summed E-state index contributed by atoms with van der Waals surface area (Å²) in [7, 11) is 0. The van der Waals surface area contributed by atoms with Gasteiger partial charge in [0, 0.05) is 13.1 Å². The van der Waals surface area contributed by atoms with Crippen molar-refractivity contribution in [3.63, 3.8) is 0 Å². The summed E-state index contributed by atoms with van der Waals surface area (Å²) < 4.78 is 0. The van der Waals surface area contributed by atoms with Crippen LogP contribution in [0.3, 0.4) is 0 Å². The van der Waals surface area contributed by atoms with Crippen LogP contribution in [0.4, 0.5) is 5.13 Å². The highest BCUT2D eigenvalue weighted by molar-refractivity contribution is 7.15.